The Morgan fingerprint density at radius 2 is 1.90 bits per heavy atom. The molecule has 0 bridgehead atoms. The zero-order valence-electron chi connectivity index (χ0n) is 17.2. The van der Waals surface area contributed by atoms with E-state index in [0.717, 1.165) is 24.2 Å². The molecule has 1 amide bonds. The average molecular weight is 439 g/mol. The molecule has 1 saturated heterocycles. The van der Waals surface area contributed by atoms with Gasteiger partial charge in [0.25, 0.3) is 0 Å². The third kappa shape index (κ3) is 3.68. The molecule has 0 radical (unpaired) electrons. The second-order valence-electron chi connectivity index (χ2n) is 8.09. The second kappa shape index (κ2) is 7.97. The molecule has 3 heterocycles. The number of anilines is 1. The molecule has 7 nitrogen and oxygen atoms in total. The van der Waals surface area contributed by atoms with Crippen LogP contribution in [0.15, 0.2) is 48.8 Å². The van der Waals surface area contributed by atoms with Gasteiger partial charge in [-0.25, -0.2) is 9.07 Å². The molecule has 1 aromatic carbocycles. The standard InChI is InChI=1S/C22H23FN6OS/c1-26(19-10-13-27(21(19)30)18-5-3-2-4-17(18)23)14-28-22(31)29(16-6-7-16)20(25-28)15-8-11-24-12-9-15/h2-5,8-9,11-12,16,19H,6-7,10,13-14H2,1H3. The van der Waals surface area contributed by atoms with Gasteiger partial charge < -0.3 is 4.90 Å². The fraction of sp³-hybridized carbons (Fsp3) is 0.364. The highest BCUT2D eigenvalue weighted by Crippen LogP contribution is 2.38. The monoisotopic (exact) mass is 438 g/mol. The molecule has 1 atom stereocenters. The number of benzene rings is 1. The number of halogens is 1. The highest BCUT2D eigenvalue weighted by Gasteiger charge is 2.37. The van der Waals surface area contributed by atoms with Crippen molar-refractivity contribution in [1.82, 2.24) is 24.2 Å². The van der Waals surface area contributed by atoms with Gasteiger partial charge in [0.1, 0.15) is 5.82 Å². The Bertz CT molecular complexity index is 1170. The van der Waals surface area contributed by atoms with Gasteiger partial charge in [0.15, 0.2) is 10.6 Å². The van der Waals surface area contributed by atoms with Crippen molar-refractivity contribution in [2.45, 2.75) is 38.0 Å². The van der Waals surface area contributed by atoms with E-state index in [1.165, 1.54) is 11.0 Å². The molecular weight excluding hydrogens is 415 g/mol. The Morgan fingerprint density at radius 1 is 1.16 bits per heavy atom. The van der Waals surface area contributed by atoms with Crippen molar-refractivity contribution in [2.24, 2.45) is 0 Å². The first kappa shape index (κ1) is 20.0. The lowest BCUT2D eigenvalue weighted by atomic mass is 10.2. The van der Waals surface area contributed by atoms with Crippen molar-refractivity contribution < 1.29 is 9.18 Å². The summed E-state index contributed by atoms with van der Waals surface area (Å²) in [4.78, 5) is 20.6. The summed E-state index contributed by atoms with van der Waals surface area (Å²) in [6, 6.07) is 10.3. The van der Waals surface area contributed by atoms with Gasteiger partial charge in [-0.15, -0.1) is 0 Å². The van der Waals surface area contributed by atoms with Crippen LogP contribution in [-0.2, 0) is 11.5 Å². The summed E-state index contributed by atoms with van der Waals surface area (Å²) in [5.74, 6) is 0.343. The van der Waals surface area contributed by atoms with Gasteiger partial charge >= 0.3 is 0 Å². The van der Waals surface area contributed by atoms with Gasteiger partial charge in [-0.1, -0.05) is 12.1 Å². The Hall–Kier alpha value is -2.91. The molecule has 2 aliphatic rings. The predicted molar refractivity (Wildman–Crippen MR) is 117 cm³/mol. The minimum Gasteiger partial charge on any atom is -0.308 e. The van der Waals surface area contributed by atoms with E-state index < -0.39 is 0 Å². The first-order valence-electron chi connectivity index (χ1n) is 10.4. The Labute approximate surface area is 184 Å². The van der Waals surface area contributed by atoms with Crippen LogP contribution in [0.25, 0.3) is 11.4 Å². The SMILES string of the molecule is CN(Cn1nc(-c2ccncc2)n(C2CC2)c1=S)C1CCN(c2ccccc2F)C1=O. The van der Waals surface area contributed by atoms with E-state index in [2.05, 4.69) is 9.55 Å². The van der Waals surface area contributed by atoms with E-state index >= 15 is 0 Å². The second-order valence-corrected chi connectivity index (χ2v) is 8.45. The summed E-state index contributed by atoms with van der Waals surface area (Å²) in [5.41, 5.74) is 1.30. The van der Waals surface area contributed by atoms with E-state index in [0.29, 0.717) is 36.1 Å². The molecule has 1 aliphatic heterocycles. The third-order valence-corrected chi connectivity index (χ3v) is 6.34. The highest BCUT2D eigenvalue weighted by molar-refractivity contribution is 7.71. The van der Waals surface area contributed by atoms with Gasteiger partial charge in [0.2, 0.25) is 5.91 Å². The van der Waals surface area contributed by atoms with Gasteiger partial charge in [-0.2, -0.15) is 5.10 Å². The lowest BCUT2D eigenvalue weighted by Crippen LogP contribution is -2.41. The number of carbonyl (C=O) groups excluding carboxylic acids is 1. The summed E-state index contributed by atoms with van der Waals surface area (Å²) in [5, 5.41) is 4.79. The molecule has 9 heteroatoms. The fourth-order valence-corrected chi connectivity index (χ4v) is 4.50. The Morgan fingerprint density at radius 3 is 2.61 bits per heavy atom. The quantitative estimate of drug-likeness (QED) is 0.550. The molecule has 5 rings (SSSR count). The summed E-state index contributed by atoms with van der Waals surface area (Å²) in [6.45, 7) is 0.872. The van der Waals surface area contributed by atoms with E-state index in [4.69, 9.17) is 17.3 Å². The molecule has 2 aromatic heterocycles. The van der Waals surface area contributed by atoms with Crippen molar-refractivity contribution in [3.63, 3.8) is 0 Å². The average Bonchev–Trinajstić information content (AvgIpc) is 3.47. The number of aromatic nitrogens is 4. The zero-order chi connectivity index (χ0) is 21.5. The summed E-state index contributed by atoms with van der Waals surface area (Å²) in [6.07, 6.45) is 6.29. The van der Waals surface area contributed by atoms with Gasteiger partial charge in [-0.05, 0) is 62.8 Å². The number of carbonyl (C=O) groups is 1. The molecule has 31 heavy (non-hydrogen) atoms. The van der Waals surface area contributed by atoms with Crippen molar-refractivity contribution >= 4 is 23.8 Å². The van der Waals surface area contributed by atoms with Crippen molar-refractivity contribution in [3.05, 3.63) is 59.4 Å². The van der Waals surface area contributed by atoms with Crippen molar-refractivity contribution in [1.29, 1.82) is 0 Å². The molecule has 0 spiro atoms. The lowest BCUT2D eigenvalue weighted by molar-refractivity contribution is -0.121. The number of para-hydroxylation sites is 1. The van der Waals surface area contributed by atoms with Crippen molar-refractivity contribution in [3.8, 4) is 11.4 Å². The first-order valence-corrected chi connectivity index (χ1v) is 10.8. The van der Waals surface area contributed by atoms with Crippen LogP contribution >= 0.6 is 12.2 Å². The predicted octanol–water partition coefficient (Wildman–Crippen LogP) is 3.64. The minimum atomic E-state index is -0.383. The molecule has 1 saturated carbocycles. The van der Waals surface area contributed by atoms with Crippen LogP contribution in [0.5, 0.6) is 0 Å². The number of amides is 1. The van der Waals surface area contributed by atoms with Crippen LogP contribution in [0.1, 0.15) is 25.3 Å². The maximum absolute atomic E-state index is 14.2. The normalized spacial score (nSPS) is 18.9. The highest BCUT2D eigenvalue weighted by atomic mass is 32.1. The van der Waals surface area contributed by atoms with Crippen LogP contribution in [0.3, 0.4) is 0 Å². The van der Waals surface area contributed by atoms with Crippen LogP contribution in [0.2, 0.25) is 0 Å². The third-order valence-electron chi connectivity index (χ3n) is 5.93. The molecule has 3 aromatic rings. The number of pyridine rings is 1. The summed E-state index contributed by atoms with van der Waals surface area (Å²) < 4.78 is 18.7. The molecule has 1 unspecified atom stereocenters. The largest absolute Gasteiger partial charge is 0.308 e. The maximum atomic E-state index is 14.2. The lowest BCUT2D eigenvalue weighted by Gasteiger charge is -2.23. The number of hydrogen-bond donors (Lipinski definition) is 0. The number of hydrogen-bond acceptors (Lipinski definition) is 5. The molecular formula is C22H23FN6OS. The van der Waals surface area contributed by atoms with E-state index in [1.54, 1.807) is 35.3 Å². The molecule has 2 fully saturated rings. The maximum Gasteiger partial charge on any atom is 0.244 e. The van der Waals surface area contributed by atoms with Crippen LogP contribution in [-0.4, -0.2) is 49.8 Å². The fourth-order valence-electron chi connectivity index (χ4n) is 4.17. The van der Waals surface area contributed by atoms with Crippen LogP contribution < -0.4 is 4.90 Å². The number of nitrogens with zero attached hydrogens (tertiary/aromatic N) is 6. The molecule has 0 N–H and O–H groups in total. The Kier molecular flexibility index (Phi) is 5.15. The van der Waals surface area contributed by atoms with E-state index in [1.807, 2.05) is 24.1 Å². The van der Waals surface area contributed by atoms with Crippen LogP contribution in [0, 0.1) is 10.6 Å². The van der Waals surface area contributed by atoms with E-state index in [9.17, 15) is 9.18 Å². The van der Waals surface area contributed by atoms with Gasteiger partial charge in [-0.3, -0.25) is 19.2 Å². The summed E-state index contributed by atoms with van der Waals surface area (Å²) >= 11 is 5.74. The van der Waals surface area contributed by atoms with E-state index in [-0.39, 0.29) is 17.8 Å². The van der Waals surface area contributed by atoms with Crippen LogP contribution in [0.4, 0.5) is 10.1 Å². The number of likely N-dealkylation sites (N-methyl/N-ethyl adjacent to an activating group) is 1. The van der Waals surface area contributed by atoms with Crippen molar-refractivity contribution in [2.75, 3.05) is 18.5 Å². The first-order chi connectivity index (χ1) is 15.0. The van der Waals surface area contributed by atoms with Gasteiger partial charge in [0, 0.05) is 30.5 Å². The number of rotatable bonds is 6. The smallest absolute Gasteiger partial charge is 0.244 e. The van der Waals surface area contributed by atoms with Gasteiger partial charge in [0.05, 0.1) is 18.4 Å². The molecule has 160 valence electrons. The zero-order valence-corrected chi connectivity index (χ0v) is 18.0. The Balaban J connectivity index is 1.39. The minimum absolute atomic E-state index is 0.102. The summed E-state index contributed by atoms with van der Waals surface area (Å²) in [7, 11) is 1.89. The topological polar surface area (TPSA) is 59.2 Å². The molecule has 1 aliphatic carbocycles.